The summed E-state index contributed by atoms with van der Waals surface area (Å²) in [6, 6.07) is 2.81. The standard InChI is InChI=1S/C22H24F2N4O4/c1-12(2)28-17-5-3-4-8-26(17)27-11-15(19(29)20(30)18(27)22(28)32)21(31)25-10-13-6-7-14(23)9-16(13)24/h6-7,9,11-12,17,30H,3-5,8,10H2,1-2H3,(H,25,31)/t17-/m1/s1. The summed E-state index contributed by atoms with van der Waals surface area (Å²) in [7, 11) is 0. The highest BCUT2D eigenvalue weighted by atomic mass is 19.1. The number of fused-ring (bicyclic) bond motifs is 3. The second-order valence-electron chi connectivity index (χ2n) is 8.28. The van der Waals surface area contributed by atoms with Crippen LogP contribution in [-0.4, -0.2) is 45.2 Å². The van der Waals surface area contributed by atoms with Crippen molar-refractivity contribution in [2.24, 2.45) is 0 Å². The molecule has 0 aliphatic carbocycles. The van der Waals surface area contributed by atoms with Crippen molar-refractivity contribution < 1.29 is 23.5 Å². The maximum Gasteiger partial charge on any atom is 0.278 e. The van der Waals surface area contributed by atoms with Gasteiger partial charge in [-0.3, -0.25) is 24.1 Å². The van der Waals surface area contributed by atoms with Crippen LogP contribution < -0.4 is 15.8 Å². The molecule has 1 atom stereocenters. The second-order valence-corrected chi connectivity index (χ2v) is 8.28. The van der Waals surface area contributed by atoms with E-state index in [0.29, 0.717) is 12.6 Å². The Labute approximate surface area is 183 Å². The summed E-state index contributed by atoms with van der Waals surface area (Å²) in [6.07, 6.45) is 3.50. The zero-order chi connectivity index (χ0) is 23.2. The highest BCUT2D eigenvalue weighted by Crippen LogP contribution is 2.31. The van der Waals surface area contributed by atoms with Crippen LogP contribution in [0.5, 0.6) is 5.75 Å². The Hall–Kier alpha value is -3.43. The van der Waals surface area contributed by atoms with E-state index in [1.165, 1.54) is 16.9 Å². The van der Waals surface area contributed by atoms with Crippen LogP contribution in [0.2, 0.25) is 0 Å². The predicted octanol–water partition coefficient (Wildman–Crippen LogP) is 2.07. The van der Waals surface area contributed by atoms with E-state index in [9.17, 15) is 28.3 Å². The molecule has 10 heteroatoms. The van der Waals surface area contributed by atoms with Gasteiger partial charge in [-0.25, -0.2) is 8.78 Å². The Kier molecular flexibility index (Phi) is 5.62. The van der Waals surface area contributed by atoms with E-state index < -0.39 is 34.6 Å². The van der Waals surface area contributed by atoms with Gasteiger partial charge >= 0.3 is 0 Å². The molecule has 3 heterocycles. The number of pyridine rings is 1. The summed E-state index contributed by atoms with van der Waals surface area (Å²) in [5.41, 5.74) is -1.49. The van der Waals surface area contributed by atoms with E-state index in [1.54, 1.807) is 4.90 Å². The Balaban J connectivity index is 1.70. The molecule has 4 rings (SSSR count). The number of carbonyl (C=O) groups is 2. The Morgan fingerprint density at radius 3 is 2.69 bits per heavy atom. The number of rotatable bonds is 4. The molecule has 1 aromatic carbocycles. The van der Waals surface area contributed by atoms with Crippen LogP contribution in [0, 0.1) is 11.6 Å². The second kappa shape index (κ2) is 8.25. The first kappa shape index (κ1) is 21.8. The van der Waals surface area contributed by atoms with Crippen LogP contribution in [0.15, 0.2) is 29.2 Å². The van der Waals surface area contributed by atoms with Crippen molar-refractivity contribution in [3.63, 3.8) is 0 Å². The molecule has 2 aromatic rings. The molecule has 2 aliphatic heterocycles. The quantitative estimate of drug-likeness (QED) is 0.750. The fourth-order valence-electron chi connectivity index (χ4n) is 4.36. The largest absolute Gasteiger partial charge is 0.502 e. The molecule has 0 radical (unpaired) electrons. The van der Waals surface area contributed by atoms with Crippen LogP contribution in [0.4, 0.5) is 8.78 Å². The monoisotopic (exact) mass is 446 g/mol. The molecule has 32 heavy (non-hydrogen) atoms. The Morgan fingerprint density at radius 1 is 1.25 bits per heavy atom. The van der Waals surface area contributed by atoms with Crippen molar-refractivity contribution in [3.05, 3.63) is 63.1 Å². The van der Waals surface area contributed by atoms with Crippen molar-refractivity contribution in [2.75, 3.05) is 11.6 Å². The molecule has 1 aromatic heterocycles. The molecule has 2 amide bonds. The average Bonchev–Trinajstić information content (AvgIpc) is 2.74. The number of amides is 2. The number of aromatic nitrogens is 1. The van der Waals surface area contributed by atoms with Gasteiger partial charge in [0.1, 0.15) is 23.4 Å². The van der Waals surface area contributed by atoms with Crippen LogP contribution >= 0.6 is 0 Å². The minimum Gasteiger partial charge on any atom is -0.502 e. The number of carbonyl (C=O) groups excluding carboxylic acids is 2. The van der Waals surface area contributed by atoms with E-state index in [4.69, 9.17) is 0 Å². The smallest absolute Gasteiger partial charge is 0.278 e. The van der Waals surface area contributed by atoms with Gasteiger partial charge in [0.15, 0.2) is 11.4 Å². The number of nitrogens with one attached hydrogen (secondary N) is 1. The number of hydrogen-bond donors (Lipinski definition) is 2. The predicted molar refractivity (Wildman–Crippen MR) is 112 cm³/mol. The molecule has 1 fully saturated rings. The maximum atomic E-state index is 13.9. The van der Waals surface area contributed by atoms with Gasteiger partial charge in [-0.1, -0.05) is 6.07 Å². The van der Waals surface area contributed by atoms with E-state index in [0.717, 1.165) is 25.3 Å². The lowest BCUT2D eigenvalue weighted by molar-refractivity contribution is 0.0429. The first-order valence-corrected chi connectivity index (χ1v) is 10.5. The maximum absolute atomic E-state index is 13.9. The fraction of sp³-hybridized carbons (Fsp3) is 0.409. The molecule has 1 saturated heterocycles. The number of aromatic hydroxyl groups is 1. The van der Waals surface area contributed by atoms with Gasteiger partial charge in [0, 0.05) is 37.0 Å². The topological polar surface area (TPSA) is 94.9 Å². The lowest BCUT2D eigenvalue weighted by atomic mass is 10.0. The highest BCUT2D eigenvalue weighted by molar-refractivity contribution is 5.99. The molecule has 2 aliphatic rings. The van der Waals surface area contributed by atoms with E-state index in [-0.39, 0.29) is 35.6 Å². The van der Waals surface area contributed by atoms with Crippen molar-refractivity contribution in [1.29, 1.82) is 0 Å². The lowest BCUT2D eigenvalue weighted by Crippen LogP contribution is -2.64. The molecule has 8 nitrogen and oxygen atoms in total. The number of benzene rings is 1. The minimum atomic E-state index is -0.985. The first-order valence-electron chi connectivity index (χ1n) is 10.5. The number of piperidine rings is 1. The molecular formula is C22H24F2N4O4. The van der Waals surface area contributed by atoms with Crippen LogP contribution in [0.3, 0.4) is 0 Å². The number of nitrogens with zero attached hydrogens (tertiary/aromatic N) is 3. The zero-order valence-corrected chi connectivity index (χ0v) is 17.8. The van der Waals surface area contributed by atoms with E-state index >= 15 is 0 Å². The summed E-state index contributed by atoms with van der Waals surface area (Å²) < 4.78 is 28.3. The third kappa shape index (κ3) is 3.59. The summed E-state index contributed by atoms with van der Waals surface area (Å²) in [5, 5.41) is 14.9. The van der Waals surface area contributed by atoms with Crippen LogP contribution in [0.25, 0.3) is 0 Å². The molecule has 0 unspecified atom stereocenters. The van der Waals surface area contributed by atoms with Gasteiger partial charge in [0.25, 0.3) is 11.8 Å². The Bertz CT molecular complexity index is 1150. The highest BCUT2D eigenvalue weighted by Gasteiger charge is 2.42. The van der Waals surface area contributed by atoms with Gasteiger partial charge in [-0.2, -0.15) is 0 Å². The van der Waals surface area contributed by atoms with E-state index in [1.807, 2.05) is 18.9 Å². The van der Waals surface area contributed by atoms with E-state index in [2.05, 4.69) is 5.32 Å². The zero-order valence-electron chi connectivity index (χ0n) is 17.8. The van der Waals surface area contributed by atoms with Gasteiger partial charge < -0.3 is 15.3 Å². The lowest BCUT2D eigenvalue weighted by Gasteiger charge is -2.50. The first-order chi connectivity index (χ1) is 15.2. The molecule has 2 N–H and O–H groups in total. The molecular weight excluding hydrogens is 422 g/mol. The average molecular weight is 446 g/mol. The fourth-order valence-corrected chi connectivity index (χ4v) is 4.36. The number of halogens is 2. The molecule has 0 bridgehead atoms. The van der Waals surface area contributed by atoms with Crippen molar-refractivity contribution in [2.45, 2.75) is 51.9 Å². The summed E-state index contributed by atoms with van der Waals surface area (Å²) in [6.45, 7) is 4.04. The summed E-state index contributed by atoms with van der Waals surface area (Å²) >= 11 is 0. The van der Waals surface area contributed by atoms with Crippen molar-refractivity contribution in [3.8, 4) is 5.75 Å². The van der Waals surface area contributed by atoms with Gasteiger partial charge in [0.05, 0.1) is 0 Å². The Morgan fingerprint density at radius 2 is 2.00 bits per heavy atom. The molecule has 170 valence electrons. The SMILES string of the molecule is CC(C)N1C(=O)c2c(O)c(=O)c(C(=O)NCc3ccc(F)cc3F)cn2N2CCCC[C@@H]12. The van der Waals surface area contributed by atoms with Crippen LogP contribution in [0.1, 0.15) is 59.5 Å². The normalized spacial score (nSPS) is 17.9. The van der Waals surface area contributed by atoms with Gasteiger partial charge in [0.2, 0.25) is 5.43 Å². The minimum absolute atomic E-state index is 0.0425. The van der Waals surface area contributed by atoms with Crippen LogP contribution in [-0.2, 0) is 6.54 Å². The van der Waals surface area contributed by atoms with Crippen molar-refractivity contribution in [1.82, 2.24) is 14.9 Å². The summed E-state index contributed by atoms with van der Waals surface area (Å²) in [4.78, 5) is 40.3. The summed E-state index contributed by atoms with van der Waals surface area (Å²) in [5.74, 6) is -3.68. The van der Waals surface area contributed by atoms with Gasteiger partial charge in [-0.05, 0) is 39.2 Å². The van der Waals surface area contributed by atoms with Crippen molar-refractivity contribution >= 4 is 11.8 Å². The third-order valence-electron chi connectivity index (χ3n) is 5.90. The third-order valence-corrected chi connectivity index (χ3v) is 5.90. The number of hydrogen-bond acceptors (Lipinski definition) is 5. The van der Waals surface area contributed by atoms with Gasteiger partial charge in [-0.15, -0.1) is 0 Å². The molecule has 0 saturated carbocycles. The molecule has 0 spiro atoms.